The summed E-state index contributed by atoms with van der Waals surface area (Å²) in [7, 11) is 2.26. The van der Waals surface area contributed by atoms with Crippen LogP contribution in [0, 0.1) is 11.3 Å². The second kappa shape index (κ2) is 5.28. The van der Waals surface area contributed by atoms with Crippen molar-refractivity contribution in [1.82, 2.24) is 14.8 Å². The van der Waals surface area contributed by atoms with Crippen LogP contribution in [-0.2, 0) is 6.54 Å². The van der Waals surface area contributed by atoms with Crippen molar-refractivity contribution in [1.29, 1.82) is 5.26 Å². The summed E-state index contributed by atoms with van der Waals surface area (Å²) in [4.78, 5) is 9.19. The number of likely N-dealkylation sites (tertiary alicyclic amines) is 1. The number of hydrogen-bond donors (Lipinski definition) is 0. The molecule has 2 unspecified atom stereocenters. The molecule has 0 radical (unpaired) electrons. The van der Waals surface area contributed by atoms with E-state index in [-0.39, 0.29) is 0 Å². The molecule has 0 N–H and O–H groups in total. The van der Waals surface area contributed by atoms with Crippen LogP contribution >= 0.6 is 0 Å². The van der Waals surface area contributed by atoms with Crippen LogP contribution in [0.2, 0.25) is 0 Å². The first-order valence-corrected chi connectivity index (χ1v) is 7.06. The lowest BCUT2D eigenvalue weighted by Gasteiger charge is -2.25. The van der Waals surface area contributed by atoms with Crippen LogP contribution < -0.4 is 0 Å². The lowest BCUT2D eigenvalue weighted by molar-refractivity contribution is 0.214. The van der Waals surface area contributed by atoms with Crippen LogP contribution in [-0.4, -0.2) is 47.0 Å². The molecule has 0 amide bonds. The van der Waals surface area contributed by atoms with Gasteiger partial charge in [0.2, 0.25) is 0 Å². The fourth-order valence-electron chi connectivity index (χ4n) is 3.43. The normalized spacial score (nSPS) is 28.0. The fourth-order valence-corrected chi connectivity index (χ4v) is 3.43. The molecule has 0 spiro atoms. The van der Waals surface area contributed by atoms with Crippen molar-refractivity contribution in [3.63, 3.8) is 0 Å². The first kappa shape index (κ1) is 12.6. The Hall–Kier alpha value is -1.44. The predicted octanol–water partition coefficient (Wildman–Crippen LogP) is 1.62. The van der Waals surface area contributed by atoms with Crippen molar-refractivity contribution in [2.75, 3.05) is 20.1 Å². The van der Waals surface area contributed by atoms with Gasteiger partial charge in [0.05, 0.1) is 0 Å². The molecule has 19 heavy (non-hydrogen) atoms. The van der Waals surface area contributed by atoms with Gasteiger partial charge in [0.25, 0.3) is 0 Å². The van der Waals surface area contributed by atoms with Crippen LogP contribution in [0.3, 0.4) is 0 Å². The molecular weight excluding hydrogens is 236 g/mol. The molecule has 2 fully saturated rings. The van der Waals surface area contributed by atoms with Crippen molar-refractivity contribution in [2.24, 2.45) is 0 Å². The monoisotopic (exact) mass is 256 g/mol. The predicted molar refractivity (Wildman–Crippen MR) is 73.4 cm³/mol. The summed E-state index contributed by atoms with van der Waals surface area (Å²) >= 11 is 0. The Bertz CT molecular complexity index is 493. The van der Waals surface area contributed by atoms with Gasteiger partial charge in [-0.25, -0.2) is 4.98 Å². The molecule has 0 saturated carbocycles. The minimum atomic E-state index is 0.574. The zero-order chi connectivity index (χ0) is 13.2. The fraction of sp³-hybridized carbons (Fsp3) is 0.600. The quantitative estimate of drug-likeness (QED) is 0.806. The summed E-state index contributed by atoms with van der Waals surface area (Å²) in [5, 5.41) is 9.11. The molecule has 2 atom stereocenters. The van der Waals surface area contributed by atoms with E-state index in [0.717, 1.165) is 31.2 Å². The highest BCUT2D eigenvalue weighted by atomic mass is 15.3. The van der Waals surface area contributed by atoms with Crippen LogP contribution in [0.25, 0.3) is 0 Å². The van der Waals surface area contributed by atoms with E-state index < -0.39 is 0 Å². The van der Waals surface area contributed by atoms with E-state index in [9.17, 15) is 0 Å². The number of nitrogens with zero attached hydrogens (tertiary/aromatic N) is 4. The minimum Gasteiger partial charge on any atom is -0.299 e. The van der Waals surface area contributed by atoms with Crippen LogP contribution in [0.5, 0.6) is 0 Å². The Kier molecular flexibility index (Phi) is 3.50. The van der Waals surface area contributed by atoms with Crippen molar-refractivity contribution in [2.45, 2.75) is 37.9 Å². The first-order chi connectivity index (χ1) is 9.28. The summed E-state index contributed by atoms with van der Waals surface area (Å²) in [5.74, 6) is 0. The molecule has 2 aliphatic rings. The van der Waals surface area contributed by atoms with Gasteiger partial charge in [0.1, 0.15) is 11.8 Å². The Balaban J connectivity index is 1.72. The number of hydrogen-bond acceptors (Lipinski definition) is 4. The molecule has 2 aliphatic heterocycles. The Morgan fingerprint density at radius 3 is 3.05 bits per heavy atom. The van der Waals surface area contributed by atoms with Gasteiger partial charge in [0.15, 0.2) is 0 Å². The van der Waals surface area contributed by atoms with E-state index in [2.05, 4.69) is 27.9 Å². The van der Waals surface area contributed by atoms with E-state index >= 15 is 0 Å². The van der Waals surface area contributed by atoms with Crippen molar-refractivity contribution in [3.8, 4) is 6.07 Å². The smallest absolute Gasteiger partial charge is 0.144 e. The zero-order valence-electron chi connectivity index (χ0n) is 11.4. The second-order valence-corrected chi connectivity index (χ2v) is 5.70. The highest BCUT2D eigenvalue weighted by Gasteiger charge is 2.34. The molecule has 3 rings (SSSR count). The third kappa shape index (κ3) is 2.49. The SMILES string of the molecule is CN1C2CCC1CN(Cc1cccnc1C#N)CC2. The summed E-state index contributed by atoms with van der Waals surface area (Å²) in [6.07, 6.45) is 5.61. The van der Waals surface area contributed by atoms with Gasteiger partial charge in [-0.3, -0.25) is 9.80 Å². The largest absolute Gasteiger partial charge is 0.299 e. The molecule has 3 heterocycles. The first-order valence-electron chi connectivity index (χ1n) is 7.06. The van der Waals surface area contributed by atoms with E-state index in [1.807, 2.05) is 12.1 Å². The maximum absolute atomic E-state index is 9.11. The van der Waals surface area contributed by atoms with Gasteiger partial charge in [0, 0.05) is 43.5 Å². The Morgan fingerprint density at radius 2 is 2.21 bits per heavy atom. The molecule has 1 aromatic heterocycles. The highest BCUT2D eigenvalue weighted by molar-refractivity contribution is 5.30. The van der Waals surface area contributed by atoms with E-state index in [1.165, 1.54) is 19.3 Å². The average molecular weight is 256 g/mol. The van der Waals surface area contributed by atoms with Gasteiger partial charge in [-0.15, -0.1) is 0 Å². The topological polar surface area (TPSA) is 43.2 Å². The third-order valence-electron chi connectivity index (χ3n) is 4.62. The maximum atomic E-state index is 9.11. The number of aromatic nitrogens is 1. The number of fused-ring (bicyclic) bond motifs is 2. The van der Waals surface area contributed by atoms with Gasteiger partial charge in [-0.05, 0) is 32.4 Å². The standard InChI is InChI=1S/C15H20N4/c1-18-13-4-5-14(18)11-19(8-6-13)10-12-3-2-7-17-15(12)9-16/h2-3,7,13-14H,4-6,8,10-11H2,1H3. The minimum absolute atomic E-state index is 0.574. The highest BCUT2D eigenvalue weighted by Crippen LogP contribution is 2.29. The van der Waals surface area contributed by atoms with Crippen LogP contribution in [0.4, 0.5) is 0 Å². The molecule has 4 heteroatoms. The average Bonchev–Trinajstić information content (AvgIpc) is 2.68. The molecule has 4 nitrogen and oxygen atoms in total. The lowest BCUT2D eigenvalue weighted by atomic mass is 10.1. The summed E-state index contributed by atoms with van der Waals surface area (Å²) in [6, 6.07) is 7.60. The lowest BCUT2D eigenvalue weighted by Crippen LogP contribution is -2.36. The maximum Gasteiger partial charge on any atom is 0.144 e. The second-order valence-electron chi connectivity index (χ2n) is 5.70. The molecular formula is C15H20N4. The number of likely N-dealkylation sites (N-methyl/N-ethyl adjacent to an activating group) is 1. The van der Waals surface area contributed by atoms with Crippen molar-refractivity contribution >= 4 is 0 Å². The summed E-state index contributed by atoms with van der Waals surface area (Å²) < 4.78 is 0. The van der Waals surface area contributed by atoms with Gasteiger partial charge < -0.3 is 0 Å². The van der Waals surface area contributed by atoms with Gasteiger partial charge >= 0.3 is 0 Å². The summed E-state index contributed by atoms with van der Waals surface area (Å²) in [6.45, 7) is 3.10. The van der Waals surface area contributed by atoms with E-state index in [4.69, 9.17) is 5.26 Å². The number of nitriles is 1. The molecule has 2 saturated heterocycles. The zero-order valence-corrected chi connectivity index (χ0v) is 11.4. The Morgan fingerprint density at radius 1 is 1.37 bits per heavy atom. The molecule has 0 aromatic carbocycles. The van der Waals surface area contributed by atoms with Crippen molar-refractivity contribution < 1.29 is 0 Å². The van der Waals surface area contributed by atoms with E-state index in [0.29, 0.717) is 11.7 Å². The van der Waals surface area contributed by atoms with Crippen LogP contribution in [0.1, 0.15) is 30.5 Å². The van der Waals surface area contributed by atoms with Gasteiger partial charge in [-0.1, -0.05) is 6.07 Å². The molecule has 1 aromatic rings. The molecule has 100 valence electrons. The number of pyridine rings is 1. The third-order valence-corrected chi connectivity index (χ3v) is 4.62. The molecule has 0 aliphatic carbocycles. The Labute approximate surface area is 114 Å². The molecule has 2 bridgehead atoms. The van der Waals surface area contributed by atoms with Gasteiger partial charge in [-0.2, -0.15) is 5.26 Å². The number of rotatable bonds is 2. The van der Waals surface area contributed by atoms with E-state index in [1.54, 1.807) is 6.20 Å². The van der Waals surface area contributed by atoms with Crippen LogP contribution in [0.15, 0.2) is 18.3 Å². The summed E-state index contributed by atoms with van der Waals surface area (Å²) in [5.41, 5.74) is 1.63. The van der Waals surface area contributed by atoms with Crippen molar-refractivity contribution in [3.05, 3.63) is 29.6 Å².